The van der Waals surface area contributed by atoms with Gasteiger partial charge < -0.3 is 144 Å². The first-order valence-corrected chi connectivity index (χ1v) is 41.9. The Morgan fingerprint density at radius 2 is 1.30 bits per heavy atom. The molecule has 2 saturated heterocycles. The first kappa shape index (κ1) is 94.9. The second-order valence-electron chi connectivity index (χ2n) is 32.4. The molecule has 0 unspecified atom stereocenters. The monoisotopic (exact) mass is 1740 g/mol. The van der Waals surface area contributed by atoms with E-state index in [2.05, 4.69) is 60.1 Å². The fourth-order valence-corrected chi connectivity index (χ4v) is 16.1. The van der Waals surface area contributed by atoms with Gasteiger partial charge in [-0.25, -0.2) is 4.79 Å². The van der Waals surface area contributed by atoms with Gasteiger partial charge in [0.15, 0.2) is 29.9 Å². The number of fused-ring (bicyclic) bond motifs is 15. The number of unbranched alkanes of at least 4 members (excludes halogenated alkanes) is 7. The van der Waals surface area contributed by atoms with E-state index in [1.165, 1.54) is 69.5 Å². The fraction of sp³-hybridized carbons (Fsp3) is 0.548. The van der Waals surface area contributed by atoms with Crippen molar-refractivity contribution in [3.8, 4) is 57.1 Å². The zero-order valence-corrected chi connectivity index (χ0v) is 70.9. The largest absolute Gasteiger partial charge is 0.507 e. The number of hydrogen-bond acceptors (Lipinski definition) is 28. The van der Waals surface area contributed by atoms with E-state index in [0.717, 1.165) is 68.3 Å². The molecule has 0 saturated carbocycles. The van der Waals surface area contributed by atoms with Crippen molar-refractivity contribution in [3.63, 3.8) is 0 Å². The average Bonchev–Trinajstić information content (AvgIpc) is 0.764. The molecule has 5 aromatic rings. The number of benzene rings is 5. The SMILES string of the molecule is CCCCCCCCCCNCCN[C@@]1(C)C[C@H](O[C@H]2[C@H](Oc3c4cc5cc3Oc3ccc(cc3Cl)[C@@H](O)[C@@H](NC(=O)[C@@H](CC(C)C)NC)C(=O)N[C@@H](CC(N)=O)C(=O)N[C@H]5C(=O)N[C@H]3C(=O)N[C@H](C(=O)N[C@H](C(=O)O)c5cc(O)c(CNCCCN(C)C)c(O)c5-c5cc3ccc5O)[C@H](O)c3ccc(c(Cl)c3)O4)O[C@H](CN)[C@@H](O)[C@@H]2O)O[C@@H](C)[C@H]1O. The molecule has 7 aliphatic rings. The highest BCUT2D eigenvalue weighted by molar-refractivity contribution is 6.32. The maximum atomic E-state index is 16.4. The number of aliphatic carboxylic acids is 1. The second kappa shape index (κ2) is 42.9. The van der Waals surface area contributed by atoms with Gasteiger partial charge in [0.05, 0.1) is 40.3 Å². The number of rotatable bonds is 32. The van der Waals surface area contributed by atoms with Crippen LogP contribution in [0.1, 0.15) is 175 Å². The number of carbonyl (C=O) groups is 8. The molecule has 7 amide bonds. The van der Waals surface area contributed by atoms with Crippen LogP contribution in [0.25, 0.3) is 11.1 Å². The number of carbonyl (C=O) groups excluding carboxylic acids is 7. The van der Waals surface area contributed by atoms with Gasteiger partial charge in [-0.15, -0.1) is 0 Å². The van der Waals surface area contributed by atoms with Crippen molar-refractivity contribution in [2.45, 2.75) is 227 Å². The van der Waals surface area contributed by atoms with Crippen LogP contribution in [0.15, 0.2) is 72.8 Å². The van der Waals surface area contributed by atoms with Gasteiger partial charge in [-0.1, -0.05) is 107 Å². The van der Waals surface area contributed by atoms with E-state index in [1.54, 1.807) is 13.8 Å². The Balaban J connectivity index is 1.16. The minimum atomic E-state index is -2.35. The van der Waals surface area contributed by atoms with Crippen molar-refractivity contribution in [2.75, 3.05) is 60.4 Å². The third-order valence-corrected chi connectivity index (χ3v) is 23.0. The summed E-state index contributed by atoms with van der Waals surface area (Å²) in [6.45, 7) is 11.2. The number of amides is 7. The summed E-state index contributed by atoms with van der Waals surface area (Å²) in [5, 5.41) is 135. The van der Waals surface area contributed by atoms with E-state index in [9.17, 15) is 60.3 Å². The summed E-state index contributed by atoms with van der Waals surface area (Å²) >= 11 is 14.4. The molecule has 18 atom stereocenters. The lowest BCUT2D eigenvalue weighted by atomic mass is 9.85. The summed E-state index contributed by atoms with van der Waals surface area (Å²) in [4.78, 5) is 121. The molecular formula is C84H115Cl2N13O23. The van der Waals surface area contributed by atoms with Crippen molar-refractivity contribution in [1.29, 1.82) is 0 Å². The van der Waals surface area contributed by atoms with Gasteiger partial charge in [0, 0.05) is 54.8 Å². The Morgan fingerprint density at radius 1 is 0.680 bits per heavy atom. The Kier molecular flexibility index (Phi) is 33.3. The number of aliphatic hydroxyl groups is 5. The number of aromatic hydroxyl groups is 3. The number of phenols is 3. The molecule has 7 aliphatic heterocycles. The van der Waals surface area contributed by atoms with E-state index in [1.807, 2.05) is 32.8 Å². The molecule has 23 N–H and O–H groups in total. The smallest absolute Gasteiger partial charge is 0.330 e. The van der Waals surface area contributed by atoms with Crippen LogP contribution in [0.4, 0.5) is 0 Å². The standard InChI is InChI=1S/C84H115Cl2N13O23/c1-9-10-11-12-13-14-15-16-24-90-26-27-92-84(5)37-61(117-41(4)75(84)108)121-74-72(107)71(106)59(38-87)120-83(74)122-73-57-33-45-34-58(73)119-56-23-20-44(32-50(56)86)69(104)67-81(114)96-65(82(115)116)47-35-54(101)48(39-91-25-17-28-99(7)8)70(105)62(47)46-30-42(18-21-53(46)100)63(78(111)98-67)95-79(112)64(45)94-77(110)52(36-60(88)102)93-80(113)66(97-76(109)51(89-6)29-40(2)3)68(103)43-19-22-55(118-57)49(85)31-43/h18-23,30-35,40-41,51-52,59,61,63-69,71-72,74-75,83,89-92,100-101,103-108H,9-17,24-29,36-39,87H2,1-8H3,(H2,88,102)(H,93,113)(H,94,110)(H,95,112)(H,96,114)(H,97,109)(H,98,111)(H,115,116)/t41-,51+,52-,59+,61-,63+,64+,65-,66+,67-,68+,69+,71+,72-,74+,75+,83-,84-/m0/s1. The zero-order valence-electron chi connectivity index (χ0n) is 69.4. The van der Waals surface area contributed by atoms with Crippen LogP contribution in [-0.4, -0.2) is 237 Å². The van der Waals surface area contributed by atoms with Crippen molar-refractivity contribution >= 4 is 70.5 Å². The maximum Gasteiger partial charge on any atom is 0.330 e. The van der Waals surface area contributed by atoms with Crippen LogP contribution < -0.4 is 78.8 Å². The van der Waals surface area contributed by atoms with Crippen molar-refractivity contribution in [2.24, 2.45) is 17.4 Å². The maximum absolute atomic E-state index is 16.4. The van der Waals surface area contributed by atoms with Crippen molar-refractivity contribution < 1.29 is 113 Å². The Morgan fingerprint density at radius 3 is 1.91 bits per heavy atom. The molecule has 38 heteroatoms. The number of hydrogen-bond donors (Lipinski definition) is 21. The molecule has 5 aromatic carbocycles. The number of likely N-dealkylation sites (N-methyl/N-ethyl adjacent to an activating group) is 1. The predicted molar refractivity (Wildman–Crippen MR) is 445 cm³/mol. The number of nitrogens with one attached hydrogen (secondary N) is 10. The average molecular weight is 1750 g/mol. The number of primary amides is 1. The summed E-state index contributed by atoms with van der Waals surface area (Å²) in [5.41, 5.74) is 8.05. The summed E-state index contributed by atoms with van der Waals surface area (Å²) in [7, 11) is 5.20. The minimum absolute atomic E-state index is 0.0855. The van der Waals surface area contributed by atoms with E-state index < -0.39 is 231 Å². The zero-order chi connectivity index (χ0) is 88.7. The van der Waals surface area contributed by atoms with Gasteiger partial charge in [0.2, 0.25) is 53.4 Å². The highest BCUT2D eigenvalue weighted by Crippen LogP contribution is 2.51. The second-order valence-corrected chi connectivity index (χ2v) is 33.2. The Hall–Kier alpha value is -9.32. The summed E-state index contributed by atoms with van der Waals surface area (Å²) in [6, 6.07) is -0.897. The number of nitrogens with zero attached hydrogens (tertiary/aromatic N) is 1. The summed E-state index contributed by atoms with van der Waals surface area (Å²) in [6.07, 6.45) is -7.79. The lowest BCUT2D eigenvalue weighted by Gasteiger charge is -2.48. The number of carboxylic acid groups (broad SMARTS) is 1. The van der Waals surface area contributed by atoms with Gasteiger partial charge in [0.1, 0.15) is 89.5 Å². The molecule has 12 rings (SSSR count). The van der Waals surface area contributed by atoms with Gasteiger partial charge in [0.25, 0.3) is 0 Å². The molecule has 7 heterocycles. The third kappa shape index (κ3) is 23.2. The number of carboxylic acids is 1. The molecule has 668 valence electrons. The summed E-state index contributed by atoms with van der Waals surface area (Å²) < 4.78 is 39.9. The quantitative estimate of drug-likeness (QED) is 0.0274. The molecule has 0 radical (unpaired) electrons. The van der Waals surface area contributed by atoms with Gasteiger partial charge >= 0.3 is 5.97 Å². The fourth-order valence-electron chi connectivity index (χ4n) is 15.6. The van der Waals surface area contributed by atoms with E-state index in [0.29, 0.717) is 32.6 Å². The number of aliphatic hydroxyl groups excluding tert-OH is 5. The molecule has 2 fully saturated rings. The van der Waals surface area contributed by atoms with Crippen LogP contribution in [0.2, 0.25) is 10.0 Å². The van der Waals surface area contributed by atoms with Gasteiger partial charge in [-0.3, -0.25) is 33.6 Å². The molecule has 0 aliphatic carbocycles. The molecule has 11 bridgehead atoms. The lowest BCUT2D eigenvalue weighted by molar-refractivity contribution is -0.331. The predicted octanol–water partition coefficient (Wildman–Crippen LogP) is 3.48. The van der Waals surface area contributed by atoms with Crippen molar-refractivity contribution in [1.82, 2.24) is 58.1 Å². The minimum Gasteiger partial charge on any atom is -0.507 e. The van der Waals surface area contributed by atoms with E-state index >= 15 is 24.0 Å². The first-order chi connectivity index (χ1) is 58.0. The van der Waals surface area contributed by atoms with E-state index in [4.69, 9.17) is 63.1 Å². The lowest BCUT2D eigenvalue weighted by Crippen LogP contribution is -2.66. The number of ether oxygens (including phenoxy) is 6. The molecular weight excluding hydrogens is 1630 g/mol. The number of phenolic OH excluding ortho intramolecular Hbond substituents is 3. The van der Waals surface area contributed by atoms with E-state index in [-0.39, 0.29) is 64.1 Å². The van der Waals surface area contributed by atoms with Crippen LogP contribution in [-0.2, 0) is 59.1 Å². The Labute approximate surface area is 716 Å². The van der Waals surface area contributed by atoms with Crippen LogP contribution >= 0.6 is 23.2 Å². The number of halogens is 2. The molecule has 0 aromatic heterocycles. The van der Waals surface area contributed by atoms with Gasteiger partial charge in [-0.2, -0.15) is 0 Å². The van der Waals surface area contributed by atoms with Crippen LogP contribution in [0.3, 0.4) is 0 Å². The third-order valence-electron chi connectivity index (χ3n) is 22.4. The van der Waals surface area contributed by atoms with Gasteiger partial charge in [-0.05, 0) is 157 Å². The number of nitrogens with two attached hydrogens (primary N) is 2. The molecule has 122 heavy (non-hydrogen) atoms. The summed E-state index contributed by atoms with van der Waals surface area (Å²) in [5.74, 6) is -15.5. The molecule has 0 spiro atoms. The normalized spacial score (nSPS) is 26.5. The van der Waals surface area contributed by atoms with Crippen LogP contribution in [0, 0.1) is 5.92 Å². The Bertz CT molecular complexity index is 4550. The highest BCUT2D eigenvalue weighted by atomic mass is 35.5. The topological polar surface area (TPSA) is 550 Å². The first-order valence-electron chi connectivity index (χ1n) is 41.1. The van der Waals surface area contributed by atoms with Crippen LogP contribution in [0.5, 0.6) is 46.0 Å². The molecule has 36 nitrogen and oxygen atoms in total. The highest BCUT2D eigenvalue weighted by Gasteiger charge is 2.52. The van der Waals surface area contributed by atoms with Crippen molar-refractivity contribution in [3.05, 3.63) is 116 Å².